The molecule has 1 atom stereocenters. The molecule has 3 heterocycles. The minimum atomic E-state index is 0.0203. The van der Waals surface area contributed by atoms with E-state index in [2.05, 4.69) is 6.07 Å². The second-order valence-corrected chi connectivity index (χ2v) is 6.86. The number of rotatable bonds is 2. The van der Waals surface area contributed by atoms with Crippen molar-refractivity contribution in [1.82, 2.24) is 14.7 Å². The lowest BCUT2D eigenvalue weighted by Gasteiger charge is -2.22. The van der Waals surface area contributed by atoms with Crippen LogP contribution in [-0.4, -0.2) is 40.3 Å². The number of fused-ring (bicyclic) bond motifs is 1. The van der Waals surface area contributed by atoms with Gasteiger partial charge in [-0.3, -0.25) is 9.48 Å². The van der Waals surface area contributed by atoms with Crippen molar-refractivity contribution < 1.29 is 9.53 Å². The molecule has 6 heteroatoms. The van der Waals surface area contributed by atoms with Crippen molar-refractivity contribution in [3.05, 3.63) is 41.0 Å². The molecule has 2 aliphatic heterocycles. The van der Waals surface area contributed by atoms with Crippen molar-refractivity contribution >= 4 is 17.5 Å². The molecule has 24 heavy (non-hydrogen) atoms. The van der Waals surface area contributed by atoms with Crippen LogP contribution in [0.15, 0.2) is 30.3 Å². The lowest BCUT2D eigenvalue weighted by Crippen LogP contribution is -2.36. The fraction of sp³-hybridized carbons (Fsp3) is 0.444. The molecule has 0 saturated carbocycles. The zero-order valence-electron chi connectivity index (χ0n) is 13.4. The molecule has 0 bridgehead atoms. The number of hydrogen-bond acceptors (Lipinski definition) is 3. The normalized spacial score (nSPS) is 20.7. The zero-order chi connectivity index (χ0) is 16.5. The number of carbonyl (C=O) groups excluding carboxylic acids is 1. The van der Waals surface area contributed by atoms with Crippen molar-refractivity contribution in [3.8, 4) is 11.3 Å². The highest BCUT2D eigenvalue weighted by atomic mass is 35.5. The summed E-state index contributed by atoms with van der Waals surface area (Å²) in [6.07, 6.45) is 1.76. The first-order valence-electron chi connectivity index (χ1n) is 8.40. The van der Waals surface area contributed by atoms with E-state index in [0.29, 0.717) is 24.8 Å². The topological polar surface area (TPSA) is 47.4 Å². The Labute approximate surface area is 146 Å². The van der Waals surface area contributed by atoms with E-state index in [-0.39, 0.29) is 11.8 Å². The van der Waals surface area contributed by atoms with Gasteiger partial charge in [0.1, 0.15) is 0 Å². The maximum absolute atomic E-state index is 12.7. The van der Waals surface area contributed by atoms with Crippen LogP contribution < -0.4 is 0 Å². The third-order valence-electron chi connectivity index (χ3n) is 4.73. The Morgan fingerprint density at radius 3 is 3.00 bits per heavy atom. The number of halogens is 1. The van der Waals surface area contributed by atoms with E-state index in [1.54, 1.807) is 0 Å². The Balaban J connectivity index is 1.57. The van der Waals surface area contributed by atoms with Crippen LogP contribution in [0, 0.1) is 5.92 Å². The first kappa shape index (κ1) is 15.7. The number of nitrogens with zero attached hydrogens (tertiary/aromatic N) is 3. The lowest BCUT2D eigenvalue weighted by atomic mass is 10.1. The molecule has 0 N–H and O–H groups in total. The van der Waals surface area contributed by atoms with Crippen molar-refractivity contribution in [1.29, 1.82) is 0 Å². The number of amides is 1. The van der Waals surface area contributed by atoms with Crippen LogP contribution in [0.4, 0.5) is 0 Å². The maximum atomic E-state index is 12.7. The first-order chi connectivity index (χ1) is 11.7. The molecule has 1 aromatic carbocycles. The maximum Gasteiger partial charge on any atom is 0.228 e. The van der Waals surface area contributed by atoms with Gasteiger partial charge in [0.15, 0.2) is 0 Å². The van der Waals surface area contributed by atoms with Gasteiger partial charge in [0.2, 0.25) is 5.91 Å². The Morgan fingerprint density at radius 1 is 1.29 bits per heavy atom. The van der Waals surface area contributed by atoms with Crippen LogP contribution in [0.1, 0.15) is 18.5 Å². The highest BCUT2D eigenvalue weighted by molar-refractivity contribution is 6.30. The van der Waals surface area contributed by atoms with Gasteiger partial charge in [-0.2, -0.15) is 5.10 Å². The van der Waals surface area contributed by atoms with Gasteiger partial charge in [-0.25, -0.2) is 0 Å². The predicted molar refractivity (Wildman–Crippen MR) is 91.6 cm³/mol. The molecule has 2 aliphatic rings. The molecule has 4 rings (SSSR count). The third kappa shape index (κ3) is 3.06. The zero-order valence-corrected chi connectivity index (χ0v) is 14.2. The molecule has 1 saturated heterocycles. The largest absolute Gasteiger partial charge is 0.381 e. The van der Waals surface area contributed by atoms with E-state index in [0.717, 1.165) is 42.9 Å². The van der Waals surface area contributed by atoms with Crippen LogP contribution in [0.25, 0.3) is 11.3 Å². The van der Waals surface area contributed by atoms with Gasteiger partial charge in [-0.1, -0.05) is 23.7 Å². The molecule has 0 unspecified atom stereocenters. The highest BCUT2D eigenvalue weighted by Gasteiger charge is 2.29. The second-order valence-electron chi connectivity index (χ2n) is 6.43. The SMILES string of the molecule is O=C([C@H]1CCOC1)N1CCCn2nc(-c3cccc(Cl)c3)cc2C1. The number of benzene rings is 1. The van der Waals surface area contributed by atoms with Crippen LogP contribution in [0.5, 0.6) is 0 Å². The average molecular weight is 346 g/mol. The van der Waals surface area contributed by atoms with Crippen molar-refractivity contribution in [2.45, 2.75) is 25.9 Å². The summed E-state index contributed by atoms with van der Waals surface area (Å²) >= 11 is 6.09. The van der Waals surface area contributed by atoms with Gasteiger partial charge >= 0.3 is 0 Å². The van der Waals surface area contributed by atoms with E-state index in [1.165, 1.54) is 0 Å². The molecule has 1 fully saturated rings. The Bertz CT molecular complexity index is 752. The van der Waals surface area contributed by atoms with E-state index in [1.807, 2.05) is 33.8 Å². The summed E-state index contributed by atoms with van der Waals surface area (Å²) in [4.78, 5) is 14.6. The minimum absolute atomic E-state index is 0.0203. The summed E-state index contributed by atoms with van der Waals surface area (Å²) in [7, 11) is 0. The monoisotopic (exact) mass is 345 g/mol. The van der Waals surface area contributed by atoms with Crippen molar-refractivity contribution in [2.24, 2.45) is 5.92 Å². The Morgan fingerprint density at radius 2 is 2.21 bits per heavy atom. The number of carbonyl (C=O) groups is 1. The molecule has 5 nitrogen and oxygen atoms in total. The summed E-state index contributed by atoms with van der Waals surface area (Å²) < 4.78 is 7.39. The number of hydrogen-bond donors (Lipinski definition) is 0. The van der Waals surface area contributed by atoms with Gasteiger partial charge < -0.3 is 9.64 Å². The van der Waals surface area contributed by atoms with Gasteiger partial charge in [-0.15, -0.1) is 0 Å². The molecule has 1 aromatic heterocycles. The van der Waals surface area contributed by atoms with E-state index in [9.17, 15) is 4.79 Å². The fourth-order valence-electron chi connectivity index (χ4n) is 3.43. The third-order valence-corrected chi connectivity index (χ3v) is 4.96. The molecule has 2 aromatic rings. The molecule has 1 amide bonds. The Hall–Kier alpha value is -1.85. The quantitative estimate of drug-likeness (QED) is 0.840. The summed E-state index contributed by atoms with van der Waals surface area (Å²) in [6, 6.07) is 9.78. The van der Waals surface area contributed by atoms with Crippen LogP contribution in [-0.2, 0) is 22.6 Å². The number of aryl methyl sites for hydroxylation is 1. The fourth-order valence-corrected chi connectivity index (χ4v) is 3.62. The number of ether oxygens (including phenoxy) is 1. The molecule has 0 aliphatic carbocycles. The minimum Gasteiger partial charge on any atom is -0.381 e. The van der Waals surface area contributed by atoms with Crippen LogP contribution in [0.2, 0.25) is 5.02 Å². The molecule has 0 spiro atoms. The molecular weight excluding hydrogens is 326 g/mol. The second kappa shape index (κ2) is 6.57. The first-order valence-corrected chi connectivity index (χ1v) is 8.78. The molecule has 0 radical (unpaired) electrons. The van der Waals surface area contributed by atoms with Crippen molar-refractivity contribution in [2.75, 3.05) is 19.8 Å². The molecule has 126 valence electrons. The van der Waals surface area contributed by atoms with Gasteiger partial charge in [0.25, 0.3) is 0 Å². The summed E-state index contributed by atoms with van der Waals surface area (Å²) in [6.45, 7) is 3.48. The summed E-state index contributed by atoms with van der Waals surface area (Å²) in [5.74, 6) is 0.235. The summed E-state index contributed by atoms with van der Waals surface area (Å²) in [5.41, 5.74) is 2.99. The van der Waals surface area contributed by atoms with Crippen LogP contribution >= 0.6 is 11.6 Å². The highest BCUT2D eigenvalue weighted by Crippen LogP contribution is 2.25. The van der Waals surface area contributed by atoms with Crippen LogP contribution in [0.3, 0.4) is 0 Å². The van der Waals surface area contributed by atoms with Gasteiger partial charge in [0, 0.05) is 30.3 Å². The van der Waals surface area contributed by atoms with Crippen molar-refractivity contribution in [3.63, 3.8) is 0 Å². The predicted octanol–water partition coefficient (Wildman–Crippen LogP) is 2.97. The lowest BCUT2D eigenvalue weighted by molar-refractivity contribution is -0.136. The average Bonchev–Trinajstić information content (AvgIpc) is 3.20. The van der Waals surface area contributed by atoms with Gasteiger partial charge in [0.05, 0.1) is 30.5 Å². The van der Waals surface area contributed by atoms with E-state index >= 15 is 0 Å². The number of aromatic nitrogens is 2. The van der Waals surface area contributed by atoms with Gasteiger partial charge in [-0.05, 0) is 31.0 Å². The van der Waals surface area contributed by atoms with E-state index in [4.69, 9.17) is 21.4 Å². The Kier molecular flexibility index (Phi) is 4.29. The smallest absolute Gasteiger partial charge is 0.228 e. The standard InChI is InChI=1S/C18H20ClN3O2/c19-15-4-1-3-13(9-15)17-10-16-11-21(6-2-7-22(16)20-17)18(23)14-5-8-24-12-14/h1,3-4,9-10,14H,2,5-8,11-12H2/t14-/m0/s1. The summed E-state index contributed by atoms with van der Waals surface area (Å²) in [5, 5.41) is 5.41. The van der Waals surface area contributed by atoms with E-state index < -0.39 is 0 Å². The molecular formula is C18H20ClN3O2.